The number of fused-ring (bicyclic) bond motifs is 1. The van der Waals surface area contributed by atoms with Crippen LogP contribution in [0.2, 0.25) is 0 Å². The Bertz CT molecular complexity index is 227. The maximum atomic E-state index is 9.48. The van der Waals surface area contributed by atoms with Crippen LogP contribution in [0.5, 0.6) is 0 Å². The minimum atomic E-state index is -0.203. The third-order valence-corrected chi connectivity index (χ3v) is 2.95. The molecule has 0 aromatic heterocycles. The van der Waals surface area contributed by atoms with Crippen molar-refractivity contribution in [3.8, 4) is 0 Å². The van der Waals surface area contributed by atoms with Gasteiger partial charge in [0.15, 0.2) is 0 Å². The normalized spacial score (nSPS) is 35.7. The molecule has 2 unspecified atom stereocenters. The van der Waals surface area contributed by atoms with Crippen LogP contribution in [0.4, 0.5) is 0 Å². The van der Waals surface area contributed by atoms with Crippen LogP contribution in [0.1, 0.15) is 19.3 Å². The molecule has 2 radical (unpaired) electrons. The van der Waals surface area contributed by atoms with Crippen molar-refractivity contribution < 1.29 is 5.11 Å². The molecule has 12 heavy (non-hydrogen) atoms. The van der Waals surface area contributed by atoms with Gasteiger partial charge in [-0.2, -0.15) is 0 Å². The molecule has 1 aliphatic carbocycles. The molecule has 2 nitrogen and oxygen atoms in total. The van der Waals surface area contributed by atoms with Crippen LogP contribution in [0.15, 0.2) is 11.2 Å². The highest BCUT2D eigenvalue weighted by atomic mass is 16.3. The van der Waals surface area contributed by atoms with E-state index in [0.29, 0.717) is 12.3 Å². The summed E-state index contributed by atoms with van der Waals surface area (Å²) < 4.78 is 0. The van der Waals surface area contributed by atoms with Gasteiger partial charge in [0.1, 0.15) is 7.85 Å². The number of nitrogens with zero attached hydrogens (tertiary/aromatic N) is 1. The number of aliphatic hydroxyl groups is 1. The first-order chi connectivity index (χ1) is 5.68. The highest BCUT2D eigenvalue weighted by molar-refractivity contribution is 6.22. The van der Waals surface area contributed by atoms with Gasteiger partial charge in [0.05, 0.1) is 6.10 Å². The Morgan fingerprint density at radius 3 is 3.08 bits per heavy atom. The molecule has 1 aliphatic heterocycles. The van der Waals surface area contributed by atoms with Gasteiger partial charge in [-0.25, -0.2) is 0 Å². The van der Waals surface area contributed by atoms with Gasteiger partial charge >= 0.3 is 0 Å². The van der Waals surface area contributed by atoms with Crippen molar-refractivity contribution in [1.29, 1.82) is 0 Å². The van der Waals surface area contributed by atoms with Crippen LogP contribution in [0.3, 0.4) is 0 Å². The Hall–Kier alpha value is -0.435. The molecule has 2 aliphatic rings. The lowest BCUT2D eigenvalue weighted by atomic mass is 9.77. The zero-order chi connectivity index (χ0) is 8.72. The van der Waals surface area contributed by atoms with Gasteiger partial charge in [-0.3, -0.25) is 0 Å². The molecular formula is C9H14BNO. The van der Waals surface area contributed by atoms with E-state index >= 15 is 0 Å². The molecule has 1 N–H and O–H groups in total. The second-order valence-electron chi connectivity index (χ2n) is 3.91. The zero-order valence-corrected chi connectivity index (χ0v) is 7.45. The van der Waals surface area contributed by atoms with Crippen LogP contribution in [-0.2, 0) is 0 Å². The van der Waals surface area contributed by atoms with E-state index in [1.807, 2.05) is 0 Å². The van der Waals surface area contributed by atoms with Crippen molar-refractivity contribution in [1.82, 2.24) is 4.90 Å². The first kappa shape index (κ1) is 8.18. The average molecular weight is 163 g/mol. The monoisotopic (exact) mass is 163 g/mol. The van der Waals surface area contributed by atoms with E-state index in [0.717, 1.165) is 24.9 Å². The molecule has 64 valence electrons. The molecule has 1 heterocycles. The molecule has 2 atom stereocenters. The lowest BCUT2D eigenvalue weighted by Gasteiger charge is -2.28. The average Bonchev–Trinajstić information content (AvgIpc) is 2.31. The van der Waals surface area contributed by atoms with E-state index in [1.54, 1.807) is 0 Å². The number of rotatable bonds is 0. The fraction of sp³-hybridized carbons (Fsp3) is 0.778. The number of likely N-dealkylation sites (tertiary alicyclic amines) is 1. The minimum Gasteiger partial charge on any atom is -0.393 e. The summed E-state index contributed by atoms with van der Waals surface area (Å²) in [7, 11) is 7.96. The molecule has 0 spiro atoms. The second kappa shape index (κ2) is 2.80. The van der Waals surface area contributed by atoms with E-state index in [4.69, 9.17) is 7.85 Å². The van der Waals surface area contributed by atoms with Crippen molar-refractivity contribution in [3.05, 3.63) is 11.2 Å². The van der Waals surface area contributed by atoms with Gasteiger partial charge in [-0.1, -0.05) is 5.47 Å². The number of hydrogen-bond acceptors (Lipinski definition) is 2. The van der Waals surface area contributed by atoms with Gasteiger partial charge < -0.3 is 10.0 Å². The summed E-state index contributed by atoms with van der Waals surface area (Å²) in [6.07, 6.45) is 2.52. The smallest absolute Gasteiger partial charge is 0.110 e. The summed E-state index contributed by atoms with van der Waals surface area (Å²) in [6, 6.07) is 0. The summed E-state index contributed by atoms with van der Waals surface area (Å²) in [5.41, 5.74) is 2.19. The molecule has 0 bridgehead atoms. The van der Waals surface area contributed by atoms with E-state index in [1.165, 1.54) is 5.70 Å². The molecule has 0 amide bonds. The highest BCUT2D eigenvalue weighted by Crippen LogP contribution is 2.37. The number of allylic oxidation sites excluding steroid dienone is 1. The van der Waals surface area contributed by atoms with Gasteiger partial charge in [0.2, 0.25) is 0 Å². The summed E-state index contributed by atoms with van der Waals surface area (Å²) in [6.45, 7) is 1.09. The van der Waals surface area contributed by atoms with Crippen LogP contribution >= 0.6 is 0 Å². The van der Waals surface area contributed by atoms with Gasteiger partial charge in [0, 0.05) is 25.2 Å². The summed E-state index contributed by atoms with van der Waals surface area (Å²) in [5.74, 6) is 0.527. The summed E-state index contributed by atoms with van der Waals surface area (Å²) in [4.78, 5) is 2.23. The van der Waals surface area contributed by atoms with Crippen molar-refractivity contribution in [3.63, 3.8) is 0 Å². The molecule has 0 saturated carbocycles. The van der Waals surface area contributed by atoms with E-state index in [2.05, 4.69) is 11.9 Å². The Morgan fingerprint density at radius 1 is 1.58 bits per heavy atom. The molecule has 1 fully saturated rings. The topological polar surface area (TPSA) is 23.5 Å². The first-order valence-electron chi connectivity index (χ1n) is 4.56. The zero-order valence-electron chi connectivity index (χ0n) is 7.45. The van der Waals surface area contributed by atoms with Crippen LogP contribution in [-0.4, -0.2) is 37.5 Å². The molecular weight excluding hydrogens is 149 g/mol. The highest BCUT2D eigenvalue weighted by Gasteiger charge is 2.32. The Kier molecular flexibility index (Phi) is 1.91. The predicted molar refractivity (Wildman–Crippen MR) is 48.8 cm³/mol. The number of aliphatic hydroxyl groups excluding tert-OH is 1. The maximum Gasteiger partial charge on any atom is 0.110 e. The SMILES string of the molecule is [B]C1=C2C(CCN2C)CC(O)C1. The van der Waals surface area contributed by atoms with Crippen LogP contribution < -0.4 is 0 Å². The predicted octanol–water partition coefficient (Wildman–Crippen LogP) is 0.473. The number of hydrogen-bond donors (Lipinski definition) is 1. The van der Waals surface area contributed by atoms with Gasteiger partial charge in [0.25, 0.3) is 0 Å². The fourth-order valence-electron chi connectivity index (χ4n) is 2.43. The van der Waals surface area contributed by atoms with Crippen molar-refractivity contribution in [2.24, 2.45) is 5.92 Å². The summed E-state index contributed by atoms with van der Waals surface area (Å²) in [5, 5.41) is 9.48. The molecule has 3 heteroatoms. The Balaban J connectivity index is 2.28. The van der Waals surface area contributed by atoms with Crippen LogP contribution in [0.25, 0.3) is 0 Å². The van der Waals surface area contributed by atoms with Gasteiger partial charge in [-0.05, 0) is 19.3 Å². The lowest BCUT2D eigenvalue weighted by molar-refractivity contribution is 0.141. The quantitative estimate of drug-likeness (QED) is 0.525. The largest absolute Gasteiger partial charge is 0.393 e. The molecule has 1 saturated heterocycles. The Morgan fingerprint density at radius 2 is 2.33 bits per heavy atom. The first-order valence-corrected chi connectivity index (χ1v) is 4.56. The molecule has 0 aromatic rings. The second-order valence-corrected chi connectivity index (χ2v) is 3.91. The van der Waals surface area contributed by atoms with Crippen molar-refractivity contribution in [2.45, 2.75) is 25.4 Å². The Labute approximate surface area is 74.7 Å². The van der Waals surface area contributed by atoms with Gasteiger partial charge in [-0.15, -0.1) is 0 Å². The third kappa shape index (κ3) is 1.16. The molecule has 2 rings (SSSR count). The van der Waals surface area contributed by atoms with E-state index in [-0.39, 0.29) is 6.10 Å². The van der Waals surface area contributed by atoms with E-state index in [9.17, 15) is 5.11 Å². The van der Waals surface area contributed by atoms with Crippen LogP contribution in [0, 0.1) is 5.92 Å². The molecule has 0 aromatic carbocycles. The van der Waals surface area contributed by atoms with E-state index < -0.39 is 0 Å². The maximum absolute atomic E-state index is 9.48. The lowest BCUT2D eigenvalue weighted by Crippen LogP contribution is -2.24. The summed E-state index contributed by atoms with van der Waals surface area (Å²) >= 11 is 0. The van der Waals surface area contributed by atoms with Crippen molar-refractivity contribution in [2.75, 3.05) is 13.6 Å². The third-order valence-electron chi connectivity index (χ3n) is 2.95. The van der Waals surface area contributed by atoms with Crippen molar-refractivity contribution >= 4 is 7.85 Å². The minimum absolute atomic E-state index is 0.203. The standard InChI is InChI=1S/C9H14BNO/c1-11-3-2-6-4-7(12)5-8(10)9(6)11/h6-7,12H,2-5H2,1H3. The fourth-order valence-corrected chi connectivity index (χ4v) is 2.43.